The lowest BCUT2D eigenvalue weighted by atomic mass is 9.77. The van der Waals surface area contributed by atoms with Crippen molar-refractivity contribution >= 4 is 0 Å². The van der Waals surface area contributed by atoms with Gasteiger partial charge in [0.15, 0.2) is 0 Å². The van der Waals surface area contributed by atoms with Gasteiger partial charge < -0.3 is 5.32 Å². The first-order chi connectivity index (χ1) is 8.60. The van der Waals surface area contributed by atoms with Crippen LogP contribution >= 0.6 is 0 Å². The van der Waals surface area contributed by atoms with E-state index in [9.17, 15) is 0 Å². The van der Waals surface area contributed by atoms with Gasteiger partial charge in [0, 0.05) is 6.04 Å². The van der Waals surface area contributed by atoms with E-state index in [1.165, 1.54) is 42.4 Å². The molecule has 1 aliphatic carbocycles. The fourth-order valence-electron chi connectivity index (χ4n) is 3.48. The third-order valence-electron chi connectivity index (χ3n) is 4.45. The van der Waals surface area contributed by atoms with Gasteiger partial charge in [-0.15, -0.1) is 0 Å². The van der Waals surface area contributed by atoms with Gasteiger partial charge in [0.25, 0.3) is 0 Å². The average molecular weight is 245 g/mol. The molecule has 1 heteroatoms. The highest BCUT2D eigenvalue weighted by atomic mass is 14.9. The Morgan fingerprint density at radius 1 is 1.00 bits per heavy atom. The molecule has 18 heavy (non-hydrogen) atoms. The van der Waals surface area contributed by atoms with Crippen LogP contribution < -0.4 is 5.32 Å². The maximum atomic E-state index is 3.56. The van der Waals surface area contributed by atoms with E-state index in [1.807, 2.05) is 0 Å². The molecule has 1 fully saturated rings. The van der Waals surface area contributed by atoms with Crippen LogP contribution in [0.25, 0.3) is 0 Å². The number of nitrogens with one attached hydrogen (secondary N) is 1. The standard InChI is InChI=1S/C17H27N/c1-12-5-7-15(8-6-12)17(18-4)16-10-13(2)9-14(3)11-16/h9-12,15,17-18H,5-8H2,1-4H3. The zero-order valence-corrected chi connectivity index (χ0v) is 12.3. The summed E-state index contributed by atoms with van der Waals surface area (Å²) in [6.07, 6.45) is 5.54. The highest BCUT2D eigenvalue weighted by molar-refractivity contribution is 5.31. The number of benzene rings is 1. The van der Waals surface area contributed by atoms with E-state index < -0.39 is 0 Å². The van der Waals surface area contributed by atoms with Gasteiger partial charge in [-0.3, -0.25) is 0 Å². The molecule has 0 saturated heterocycles. The van der Waals surface area contributed by atoms with Crippen LogP contribution in [0.2, 0.25) is 0 Å². The van der Waals surface area contributed by atoms with E-state index in [1.54, 1.807) is 0 Å². The van der Waals surface area contributed by atoms with E-state index in [4.69, 9.17) is 0 Å². The molecule has 0 amide bonds. The molecule has 0 spiro atoms. The van der Waals surface area contributed by atoms with Gasteiger partial charge in [0.1, 0.15) is 0 Å². The largest absolute Gasteiger partial charge is 0.313 e. The van der Waals surface area contributed by atoms with Crippen LogP contribution in [0.15, 0.2) is 18.2 Å². The summed E-state index contributed by atoms with van der Waals surface area (Å²) in [6.45, 7) is 6.79. The Bertz CT molecular complexity index is 368. The van der Waals surface area contributed by atoms with Gasteiger partial charge in [-0.1, -0.05) is 49.1 Å². The molecule has 1 saturated carbocycles. The quantitative estimate of drug-likeness (QED) is 0.832. The van der Waals surface area contributed by atoms with Crippen molar-refractivity contribution in [3.63, 3.8) is 0 Å². The maximum absolute atomic E-state index is 3.56. The summed E-state index contributed by atoms with van der Waals surface area (Å²) in [5.41, 5.74) is 4.25. The monoisotopic (exact) mass is 245 g/mol. The third-order valence-corrected chi connectivity index (χ3v) is 4.45. The van der Waals surface area contributed by atoms with Crippen molar-refractivity contribution in [2.75, 3.05) is 7.05 Å². The molecule has 1 aromatic carbocycles. The SMILES string of the molecule is CNC(c1cc(C)cc(C)c1)C1CCC(C)CC1. The summed E-state index contributed by atoms with van der Waals surface area (Å²) >= 11 is 0. The molecule has 1 aromatic rings. The topological polar surface area (TPSA) is 12.0 Å². The normalized spacial score (nSPS) is 26.0. The summed E-state index contributed by atoms with van der Waals surface area (Å²) in [5.74, 6) is 1.74. The van der Waals surface area contributed by atoms with Crippen molar-refractivity contribution in [3.05, 3.63) is 34.9 Å². The summed E-state index contributed by atoms with van der Waals surface area (Å²) in [4.78, 5) is 0. The Morgan fingerprint density at radius 3 is 2.06 bits per heavy atom. The maximum Gasteiger partial charge on any atom is 0.0346 e. The summed E-state index contributed by atoms with van der Waals surface area (Å²) in [5, 5.41) is 3.56. The van der Waals surface area contributed by atoms with Crippen LogP contribution in [0.5, 0.6) is 0 Å². The first-order valence-corrected chi connectivity index (χ1v) is 7.35. The molecule has 0 radical (unpaired) electrons. The predicted molar refractivity (Wildman–Crippen MR) is 78.8 cm³/mol. The lowest BCUT2D eigenvalue weighted by Crippen LogP contribution is -2.28. The van der Waals surface area contributed by atoms with Gasteiger partial charge in [-0.2, -0.15) is 0 Å². The third kappa shape index (κ3) is 3.14. The lowest BCUT2D eigenvalue weighted by molar-refractivity contribution is 0.238. The Kier molecular flexibility index (Phi) is 4.45. The van der Waals surface area contributed by atoms with Crippen molar-refractivity contribution in [1.82, 2.24) is 5.32 Å². The smallest absolute Gasteiger partial charge is 0.0346 e. The molecule has 2 rings (SSSR count). The second-order valence-corrected chi connectivity index (χ2v) is 6.21. The van der Waals surface area contributed by atoms with Gasteiger partial charge in [-0.25, -0.2) is 0 Å². The molecule has 1 aliphatic rings. The van der Waals surface area contributed by atoms with Gasteiger partial charge in [-0.05, 0) is 51.1 Å². The fourth-order valence-corrected chi connectivity index (χ4v) is 3.48. The number of rotatable bonds is 3. The second kappa shape index (κ2) is 5.88. The molecule has 0 heterocycles. The van der Waals surface area contributed by atoms with E-state index in [0.717, 1.165) is 11.8 Å². The molecule has 0 bridgehead atoms. The van der Waals surface area contributed by atoms with E-state index in [-0.39, 0.29) is 0 Å². The van der Waals surface area contributed by atoms with E-state index >= 15 is 0 Å². The zero-order valence-electron chi connectivity index (χ0n) is 12.3. The molecule has 100 valence electrons. The lowest BCUT2D eigenvalue weighted by Gasteiger charge is -2.33. The second-order valence-electron chi connectivity index (χ2n) is 6.21. The average Bonchev–Trinajstić information content (AvgIpc) is 2.31. The van der Waals surface area contributed by atoms with Crippen molar-refractivity contribution in [3.8, 4) is 0 Å². The minimum atomic E-state index is 0.538. The minimum absolute atomic E-state index is 0.538. The highest BCUT2D eigenvalue weighted by Gasteiger charge is 2.26. The number of hydrogen-bond donors (Lipinski definition) is 1. The Hall–Kier alpha value is -0.820. The van der Waals surface area contributed by atoms with Crippen LogP contribution in [-0.4, -0.2) is 7.05 Å². The van der Waals surface area contributed by atoms with Crippen LogP contribution in [0.1, 0.15) is 55.3 Å². The van der Waals surface area contributed by atoms with Crippen LogP contribution in [0.3, 0.4) is 0 Å². The number of aryl methyl sites for hydroxylation is 2. The summed E-state index contributed by atoms with van der Waals surface area (Å²) in [6, 6.07) is 7.51. The Labute approximate surface area is 112 Å². The van der Waals surface area contributed by atoms with E-state index in [2.05, 4.69) is 51.3 Å². The van der Waals surface area contributed by atoms with Gasteiger partial charge in [0.2, 0.25) is 0 Å². The predicted octanol–water partition coefficient (Wildman–Crippen LogP) is 4.39. The van der Waals surface area contributed by atoms with Crippen molar-refractivity contribution in [1.29, 1.82) is 0 Å². The Morgan fingerprint density at radius 2 is 1.56 bits per heavy atom. The molecule has 1 atom stereocenters. The van der Waals surface area contributed by atoms with Crippen molar-refractivity contribution in [2.24, 2.45) is 11.8 Å². The van der Waals surface area contributed by atoms with Crippen LogP contribution in [-0.2, 0) is 0 Å². The summed E-state index contributed by atoms with van der Waals surface area (Å²) < 4.78 is 0. The molecular weight excluding hydrogens is 218 g/mol. The van der Waals surface area contributed by atoms with Crippen molar-refractivity contribution in [2.45, 2.75) is 52.5 Å². The molecule has 1 N–H and O–H groups in total. The number of hydrogen-bond acceptors (Lipinski definition) is 1. The Balaban J connectivity index is 2.17. The summed E-state index contributed by atoms with van der Waals surface area (Å²) in [7, 11) is 2.11. The fraction of sp³-hybridized carbons (Fsp3) is 0.647. The van der Waals surface area contributed by atoms with Crippen molar-refractivity contribution < 1.29 is 0 Å². The molecule has 0 aromatic heterocycles. The first-order valence-electron chi connectivity index (χ1n) is 7.35. The zero-order chi connectivity index (χ0) is 13.1. The molecule has 1 unspecified atom stereocenters. The minimum Gasteiger partial charge on any atom is -0.313 e. The van der Waals surface area contributed by atoms with Crippen LogP contribution in [0.4, 0.5) is 0 Å². The highest BCUT2D eigenvalue weighted by Crippen LogP contribution is 2.36. The van der Waals surface area contributed by atoms with E-state index in [0.29, 0.717) is 6.04 Å². The molecular formula is C17H27N. The van der Waals surface area contributed by atoms with Gasteiger partial charge in [0.05, 0.1) is 0 Å². The molecule has 1 nitrogen and oxygen atoms in total. The molecule has 0 aliphatic heterocycles. The van der Waals surface area contributed by atoms with Gasteiger partial charge >= 0.3 is 0 Å². The first kappa shape index (κ1) is 13.6. The van der Waals surface area contributed by atoms with Crippen LogP contribution in [0, 0.1) is 25.7 Å².